The molecule has 0 rings (SSSR count). The summed E-state index contributed by atoms with van der Waals surface area (Å²) in [6, 6.07) is 0.454. The smallest absolute Gasteiger partial charge is 0.264 e. The van der Waals surface area contributed by atoms with E-state index in [1.807, 2.05) is 0 Å². The zero-order valence-electron chi connectivity index (χ0n) is 12.6. The third-order valence-corrected chi connectivity index (χ3v) is 4.17. The first-order valence-corrected chi connectivity index (χ1v) is 8.28. The van der Waals surface area contributed by atoms with E-state index < -0.39 is 10.1 Å². The molecule has 0 aliphatic carbocycles. The lowest BCUT2D eigenvalue weighted by molar-refractivity contribution is 0.0650. The number of nitrogens with zero attached hydrogens (tertiary/aromatic N) is 1. The van der Waals surface area contributed by atoms with Gasteiger partial charge in [-0.25, -0.2) is 0 Å². The van der Waals surface area contributed by atoms with Gasteiger partial charge in [-0.1, -0.05) is 13.8 Å². The summed E-state index contributed by atoms with van der Waals surface area (Å²) in [5.74, 6) is 0.423. The van der Waals surface area contributed by atoms with Gasteiger partial charge in [0.2, 0.25) is 0 Å². The van der Waals surface area contributed by atoms with Crippen molar-refractivity contribution in [1.82, 2.24) is 4.90 Å². The quantitative estimate of drug-likeness (QED) is 0.575. The van der Waals surface area contributed by atoms with Gasteiger partial charge in [-0.15, -0.1) is 0 Å². The fourth-order valence-electron chi connectivity index (χ4n) is 2.08. The Morgan fingerprint density at radius 2 is 1.61 bits per heavy atom. The summed E-state index contributed by atoms with van der Waals surface area (Å²) in [6.07, 6.45) is 1.30. The Labute approximate surface area is 113 Å². The highest BCUT2D eigenvalue weighted by Gasteiger charge is 2.27. The van der Waals surface area contributed by atoms with Gasteiger partial charge >= 0.3 is 0 Å². The molecule has 0 heterocycles. The van der Waals surface area contributed by atoms with E-state index in [9.17, 15) is 8.42 Å². The van der Waals surface area contributed by atoms with Crippen molar-refractivity contribution in [1.29, 1.82) is 0 Å². The van der Waals surface area contributed by atoms with Gasteiger partial charge < -0.3 is 0 Å². The van der Waals surface area contributed by atoms with Gasteiger partial charge in [0.15, 0.2) is 0 Å². The number of rotatable bonds is 7. The van der Waals surface area contributed by atoms with E-state index in [1.54, 1.807) is 0 Å². The maximum Gasteiger partial charge on any atom is 0.264 e. The molecular weight excluding hydrogens is 250 g/mol. The molecule has 0 aromatic heterocycles. The number of hydrogen-bond donors (Lipinski definition) is 1. The fourth-order valence-corrected chi connectivity index (χ4v) is 2.65. The topological polar surface area (TPSA) is 57.6 Å². The Hall–Kier alpha value is -0.130. The maximum atomic E-state index is 10.7. The van der Waals surface area contributed by atoms with Crippen molar-refractivity contribution >= 4 is 10.1 Å². The Morgan fingerprint density at radius 1 is 1.11 bits per heavy atom. The zero-order valence-corrected chi connectivity index (χ0v) is 13.4. The second-order valence-electron chi connectivity index (χ2n) is 6.34. The molecule has 0 bridgehead atoms. The molecule has 0 amide bonds. The molecular formula is C13H29NO3S. The minimum atomic E-state index is -3.81. The third kappa shape index (κ3) is 7.34. The van der Waals surface area contributed by atoms with E-state index in [0.29, 0.717) is 18.4 Å². The van der Waals surface area contributed by atoms with Gasteiger partial charge in [0.25, 0.3) is 10.1 Å². The second-order valence-corrected chi connectivity index (χ2v) is 7.91. The first-order chi connectivity index (χ1) is 7.95. The van der Waals surface area contributed by atoms with E-state index in [2.05, 4.69) is 46.4 Å². The average Bonchev–Trinajstić information content (AvgIpc) is 2.12. The van der Waals surface area contributed by atoms with Gasteiger partial charge in [-0.3, -0.25) is 9.45 Å². The predicted octanol–water partition coefficient (Wildman–Crippen LogP) is 2.80. The molecule has 4 nitrogen and oxygen atoms in total. The van der Waals surface area contributed by atoms with Crippen molar-refractivity contribution in [2.45, 2.75) is 66.0 Å². The molecule has 0 aromatic carbocycles. The molecule has 0 aromatic rings. The summed E-state index contributed by atoms with van der Waals surface area (Å²) in [5.41, 5.74) is 0.0712. The van der Waals surface area contributed by atoms with Crippen LogP contribution in [0.15, 0.2) is 0 Å². The van der Waals surface area contributed by atoms with Crippen molar-refractivity contribution in [3.63, 3.8) is 0 Å². The molecule has 1 N–H and O–H groups in total. The second kappa shape index (κ2) is 6.87. The minimum absolute atomic E-state index is 0.0712. The van der Waals surface area contributed by atoms with Crippen molar-refractivity contribution in [3.05, 3.63) is 0 Å². The summed E-state index contributed by atoms with van der Waals surface area (Å²) in [4.78, 5) is 2.40. The molecule has 18 heavy (non-hydrogen) atoms. The summed E-state index contributed by atoms with van der Waals surface area (Å²) in [5, 5.41) is 0. The van der Waals surface area contributed by atoms with Crippen LogP contribution in [-0.4, -0.2) is 41.7 Å². The summed E-state index contributed by atoms with van der Waals surface area (Å²) >= 11 is 0. The molecule has 110 valence electrons. The van der Waals surface area contributed by atoms with Crippen LogP contribution >= 0.6 is 0 Å². The van der Waals surface area contributed by atoms with Crippen LogP contribution < -0.4 is 0 Å². The fraction of sp³-hybridized carbons (Fsp3) is 1.00. The van der Waals surface area contributed by atoms with Crippen molar-refractivity contribution in [2.24, 2.45) is 5.92 Å². The van der Waals surface area contributed by atoms with Gasteiger partial charge in [0.1, 0.15) is 0 Å². The number of unbranched alkanes of at least 4 members (excludes halogenated alkanes) is 1. The Bertz CT molecular complexity index is 331. The SMILES string of the molecule is CC(C)C(C)N(CCCCS(=O)(=O)O)C(C)(C)C. The van der Waals surface area contributed by atoms with E-state index in [-0.39, 0.29) is 11.3 Å². The molecule has 0 saturated heterocycles. The lowest BCUT2D eigenvalue weighted by Crippen LogP contribution is -2.49. The van der Waals surface area contributed by atoms with Gasteiger partial charge in [0, 0.05) is 11.6 Å². The highest BCUT2D eigenvalue weighted by atomic mass is 32.2. The van der Waals surface area contributed by atoms with Crippen LogP contribution in [0.25, 0.3) is 0 Å². The maximum absolute atomic E-state index is 10.7. The normalized spacial score (nSPS) is 15.4. The lowest BCUT2D eigenvalue weighted by Gasteiger charge is -2.42. The lowest BCUT2D eigenvalue weighted by atomic mass is 9.96. The molecule has 1 atom stereocenters. The van der Waals surface area contributed by atoms with E-state index in [4.69, 9.17) is 4.55 Å². The predicted molar refractivity (Wildman–Crippen MR) is 76.4 cm³/mol. The van der Waals surface area contributed by atoms with Gasteiger partial charge in [-0.2, -0.15) is 8.42 Å². The van der Waals surface area contributed by atoms with Crippen LogP contribution in [0.2, 0.25) is 0 Å². The zero-order chi connectivity index (χ0) is 14.6. The third-order valence-electron chi connectivity index (χ3n) is 3.37. The minimum Gasteiger partial charge on any atom is -0.296 e. The molecule has 0 aliphatic heterocycles. The molecule has 0 spiro atoms. The van der Waals surface area contributed by atoms with Crippen LogP contribution in [0.5, 0.6) is 0 Å². The average molecular weight is 279 g/mol. The summed E-state index contributed by atoms with van der Waals surface area (Å²) in [6.45, 7) is 14.0. The largest absolute Gasteiger partial charge is 0.296 e. The Balaban J connectivity index is 4.37. The molecule has 1 unspecified atom stereocenters. The summed E-state index contributed by atoms with van der Waals surface area (Å²) in [7, 11) is -3.81. The Kier molecular flexibility index (Phi) is 6.82. The van der Waals surface area contributed by atoms with Crippen molar-refractivity contribution < 1.29 is 13.0 Å². The van der Waals surface area contributed by atoms with Crippen LogP contribution in [0, 0.1) is 5.92 Å². The Morgan fingerprint density at radius 3 is 1.94 bits per heavy atom. The highest BCUT2D eigenvalue weighted by molar-refractivity contribution is 7.85. The van der Waals surface area contributed by atoms with Crippen LogP contribution in [0.4, 0.5) is 0 Å². The van der Waals surface area contributed by atoms with Gasteiger partial charge in [0.05, 0.1) is 5.75 Å². The molecule has 5 heteroatoms. The molecule has 0 saturated carbocycles. The van der Waals surface area contributed by atoms with E-state index >= 15 is 0 Å². The standard InChI is InChI=1S/C13H29NO3S/c1-11(2)12(3)14(13(4,5)6)9-7-8-10-18(15,16)17/h11-12H,7-10H2,1-6H3,(H,15,16,17). The first-order valence-electron chi connectivity index (χ1n) is 6.67. The van der Waals surface area contributed by atoms with Gasteiger partial charge in [-0.05, 0) is 53.0 Å². The molecule has 0 aliphatic rings. The van der Waals surface area contributed by atoms with Crippen molar-refractivity contribution in [2.75, 3.05) is 12.3 Å². The first kappa shape index (κ1) is 17.9. The van der Waals surface area contributed by atoms with Crippen LogP contribution in [0.1, 0.15) is 54.4 Å². The molecule has 0 fully saturated rings. The highest BCUT2D eigenvalue weighted by Crippen LogP contribution is 2.22. The van der Waals surface area contributed by atoms with E-state index in [1.165, 1.54) is 0 Å². The van der Waals surface area contributed by atoms with Crippen LogP contribution in [0.3, 0.4) is 0 Å². The summed E-state index contributed by atoms with van der Waals surface area (Å²) < 4.78 is 30.0. The monoisotopic (exact) mass is 279 g/mol. The number of hydrogen-bond acceptors (Lipinski definition) is 3. The van der Waals surface area contributed by atoms with Crippen LogP contribution in [-0.2, 0) is 10.1 Å². The van der Waals surface area contributed by atoms with Crippen molar-refractivity contribution in [3.8, 4) is 0 Å². The molecule has 0 radical (unpaired) electrons. The van der Waals surface area contributed by atoms with E-state index in [0.717, 1.165) is 13.0 Å².